The Hall–Kier alpha value is -5.56. The van der Waals surface area contributed by atoms with Gasteiger partial charge in [0.1, 0.15) is 29.0 Å². The zero-order valence-electron chi connectivity index (χ0n) is 24.2. The molecular formula is C34H23F5N6OS. The summed E-state index contributed by atoms with van der Waals surface area (Å²) in [6.07, 6.45) is 0.323. The van der Waals surface area contributed by atoms with Gasteiger partial charge < -0.3 is 16.2 Å². The van der Waals surface area contributed by atoms with E-state index in [1.165, 1.54) is 66.9 Å². The van der Waals surface area contributed by atoms with Gasteiger partial charge in [-0.25, -0.2) is 18.7 Å². The second kappa shape index (κ2) is 13.0. The first-order valence-electron chi connectivity index (χ1n) is 13.9. The molecule has 0 fully saturated rings. The van der Waals surface area contributed by atoms with Gasteiger partial charge in [-0.2, -0.15) is 0 Å². The molecule has 4 aromatic carbocycles. The van der Waals surface area contributed by atoms with Crippen LogP contribution >= 0.6 is 11.8 Å². The first-order valence-corrected chi connectivity index (χ1v) is 14.9. The maximum Gasteiger partial charge on any atom is 0.573 e. The summed E-state index contributed by atoms with van der Waals surface area (Å²) < 4.78 is 75.5. The lowest BCUT2D eigenvalue weighted by atomic mass is 9.97. The van der Waals surface area contributed by atoms with E-state index < -0.39 is 23.7 Å². The van der Waals surface area contributed by atoms with E-state index in [2.05, 4.69) is 24.7 Å². The molecule has 47 heavy (non-hydrogen) atoms. The Kier molecular flexibility index (Phi) is 8.72. The van der Waals surface area contributed by atoms with Crippen molar-refractivity contribution >= 4 is 23.4 Å². The molecule has 6 rings (SSSR count). The predicted octanol–water partition coefficient (Wildman–Crippen LogP) is 8.57. The van der Waals surface area contributed by atoms with Crippen molar-refractivity contribution in [2.45, 2.75) is 17.0 Å². The van der Waals surface area contributed by atoms with Crippen molar-refractivity contribution in [2.24, 2.45) is 0 Å². The number of hydrogen-bond acceptors (Lipinski definition) is 8. The number of aromatic nitrogens is 4. The average Bonchev–Trinajstić information content (AvgIpc) is 3.04. The topological polar surface area (TPSA) is 113 Å². The molecule has 0 aliphatic heterocycles. The van der Waals surface area contributed by atoms with Crippen LogP contribution in [0.5, 0.6) is 5.75 Å². The molecule has 236 valence electrons. The first kappa shape index (κ1) is 31.4. The van der Waals surface area contributed by atoms with Crippen LogP contribution in [0.15, 0.2) is 109 Å². The van der Waals surface area contributed by atoms with Crippen molar-refractivity contribution in [3.63, 3.8) is 0 Å². The number of ether oxygens (including phenoxy) is 1. The quantitative estimate of drug-likeness (QED) is 0.124. The SMILES string of the molecule is Nc1cnc(-c2ccc(-c3ccccc3SCc3cccc(OC(F)(F)F)c3-c3ccc(-c4cnc(N)cn4)c(F)c3)cc2F)cn1. The van der Waals surface area contributed by atoms with Crippen LogP contribution in [0.25, 0.3) is 44.8 Å². The fourth-order valence-corrected chi connectivity index (χ4v) is 6.01. The molecule has 4 N–H and O–H groups in total. The molecule has 7 nitrogen and oxygen atoms in total. The van der Waals surface area contributed by atoms with Crippen molar-refractivity contribution < 1.29 is 26.7 Å². The van der Waals surface area contributed by atoms with E-state index in [1.807, 2.05) is 12.1 Å². The Labute approximate surface area is 269 Å². The molecule has 6 aromatic rings. The Morgan fingerprint density at radius 1 is 0.638 bits per heavy atom. The molecule has 0 aliphatic carbocycles. The van der Waals surface area contributed by atoms with Crippen molar-refractivity contribution in [3.8, 4) is 50.5 Å². The number of nitrogens with two attached hydrogens (primary N) is 2. The van der Waals surface area contributed by atoms with Crippen LogP contribution in [0, 0.1) is 11.6 Å². The van der Waals surface area contributed by atoms with E-state index in [0.717, 1.165) is 11.0 Å². The maximum atomic E-state index is 15.4. The number of halogens is 5. The summed E-state index contributed by atoms with van der Waals surface area (Å²) in [5, 5.41) is 0. The van der Waals surface area contributed by atoms with Crippen LogP contribution in [0.4, 0.5) is 33.6 Å². The van der Waals surface area contributed by atoms with Gasteiger partial charge in [0.25, 0.3) is 0 Å². The van der Waals surface area contributed by atoms with Gasteiger partial charge in [0.2, 0.25) is 0 Å². The minimum atomic E-state index is -4.99. The van der Waals surface area contributed by atoms with Crippen molar-refractivity contribution in [2.75, 3.05) is 11.5 Å². The number of nitrogen functional groups attached to an aromatic ring is 2. The summed E-state index contributed by atoms with van der Waals surface area (Å²) in [7, 11) is 0. The van der Waals surface area contributed by atoms with Gasteiger partial charge >= 0.3 is 6.36 Å². The standard InChI is InChI=1S/C34H23F5N6OS/c35-25-12-19(8-10-23(25)27-14-44-31(40)16-42-27)22-5-1-2-7-30(22)47-18-21-4-3-6-29(46-34(37,38)39)33(21)20-9-11-24(26(36)13-20)28-15-45-32(41)17-43-28/h1-17H,18H2,(H2,40,44)(H2,41,45). The predicted molar refractivity (Wildman–Crippen MR) is 171 cm³/mol. The number of anilines is 2. The number of benzene rings is 4. The largest absolute Gasteiger partial charge is 0.573 e. The van der Waals surface area contributed by atoms with Gasteiger partial charge in [-0.05, 0) is 58.7 Å². The lowest BCUT2D eigenvalue weighted by Crippen LogP contribution is -2.18. The monoisotopic (exact) mass is 658 g/mol. The van der Waals surface area contributed by atoms with Gasteiger partial charge in [0.05, 0.1) is 36.2 Å². The summed E-state index contributed by atoms with van der Waals surface area (Å²) in [5.41, 5.74) is 14.0. The van der Waals surface area contributed by atoms with E-state index >= 15 is 8.78 Å². The molecule has 0 bridgehead atoms. The third kappa shape index (κ3) is 7.15. The Bertz CT molecular complexity index is 2060. The summed E-state index contributed by atoms with van der Waals surface area (Å²) in [5.74, 6) is -1.17. The van der Waals surface area contributed by atoms with Gasteiger partial charge in [-0.15, -0.1) is 24.9 Å². The number of alkyl halides is 3. The third-order valence-electron chi connectivity index (χ3n) is 7.04. The zero-order chi connectivity index (χ0) is 33.1. The lowest BCUT2D eigenvalue weighted by Gasteiger charge is -2.18. The molecule has 2 heterocycles. The number of nitrogens with zero attached hydrogens (tertiary/aromatic N) is 4. The molecule has 0 unspecified atom stereocenters. The normalized spacial score (nSPS) is 11.4. The highest BCUT2D eigenvalue weighted by Gasteiger charge is 2.33. The third-order valence-corrected chi connectivity index (χ3v) is 8.16. The maximum absolute atomic E-state index is 15.4. The smallest absolute Gasteiger partial charge is 0.405 e. The summed E-state index contributed by atoms with van der Waals surface area (Å²) >= 11 is 1.32. The van der Waals surface area contributed by atoms with Crippen LogP contribution in [-0.2, 0) is 5.75 Å². The Balaban J connectivity index is 1.33. The van der Waals surface area contributed by atoms with E-state index in [0.29, 0.717) is 22.4 Å². The number of hydrogen-bond donors (Lipinski definition) is 2. The minimum absolute atomic E-state index is 0.0728. The summed E-state index contributed by atoms with van der Waals surface area (Å²) in [4.78, 5) is 16.9. The van der Waals surface area contributed by atoms with Crippen molar-refractivity contribution in [1.29, 1.82) is 0 Å². The highest BCUT2D eigenvalue weighted by Crippen LogP contribution is 2.42. The molecule has 0 spiro atoms. The Morgan fingerprint density at radius 2 is 1.23 bits per heavy atom. The van der Waals surface area contributed by atoms with E-state index in [4.69, 9.17) is 11.5 Å². The van der Waals surface area contributed by atoms with E-state index in [-0.39, 0.29) is 45.3 Å². The molecule has 0 atom stereocenters. The molecule has 0 saturated carbocycles. The van der Waals surface area contributed by atoms with Gasteiger partial charge in [0, 0.05) is 27.3 Å². The summed E-state index contributed by atoms with van der Waals surface area (Å²) in [6.45, 7) is 0. The number of rotatable bonds is 8. The molecule has 0 amide bonds. The van der Waals surface area contributed by atoms with Crippen LogP contribution in [0.3, 0.4) is 0 Å². The van der Waals surface area contributed by atoms with Gasteiger partial charge in [0.15, 0.2) is 0 Å². The summed E-state index contributed by atoms with van der Waals surface area (Å²) in [6, 6.07) is 20.3. The second-order valence-corrected chi connectivity index (χ2v) is 11.2. The molecular weight excluding hydrogens is 635 g/mol. The molecule has 0 radical (unpaired) electrons. The van der Waals surface area contributed by atoms with Crippen LogP contribution < -0.4 is 16.2 Å². The van der Waals surface area contributed by atoms with Crippen molar-refractivity contribution in [1.82, 2.24) is 19.9 Å². The molecule has 2 aromatic heterocycles. The second-order valence-electron chi connectivity index (χ2n) is 10.2. The van der Waals surface area contributed by atoms with Gasteiger partial charge in [-0.3, -0.25) is 9.97 Å². The zero-order valence-corrected chi connectivity index (χ0v) is 25.0. The average molecular weight is 659 g/mol. The fourth-order valence-electron chi connectivity index (χ4n) is 4.94. The molecule has 0 saturated heterocycles. The highest BCUT2D eigenvalue weighted by molar-refractivity contribution is 7.98. The van der Waals surface area contributed by atoms with Gasteiger partial charge in [-0.1, -0.05) is 42.5 Å². The lowest BCUT2D eigenvalue weighted by molar-refractivity contribution is -0.274. The Morgan fingerprint density at radius 3 is 1.81 bits per heavy atom. The van der Waals surface area contributed by atoms with Crippen molar-refractivity contribution in [3.05, 3.63) is 121 Å². The highest BCUT2D eigenvalue weighted by atomic mass is 32.2. The van der Waals surface area contributed by atoms with Crippen LogP contribution in [0.2, 0.25) is 0 Å². The number of thioether (sulfide) groups is 1. The van der Waals surface area contributed by atoms with E-state index in [9.17, 15) is 13.2 Å². The molecule has 0 aliphatic rings. The van der Waals surface area contributed by atoms with E-state index in [1.54, 1.807) is 30.3 Å². The van der Waals surface area contributed by atoms with Crippen LogP contribution in [-0.4, -0.2) is 26.3 Å². The minimum Gasteiger partial charge on any atom is -0.405 e. The fraction of sp³-hybridized carbons (Fsp3) is 0.0588. The van der Waals surface area contributed by atoms with Crippen LogP contribution in [0.1, 0.15) is 5.56 Å². The molecule has 13 heteroatoms. The first-order chi connectivity index (χ1) is 22.6.